The van der Waals surface area contributed by atoms with Crippen LogP contribution >= 0.6 is 0 Å². The first-order chi connectivity index (χ1) is 17.3. The molecular formula is C28H51NO8. The van der Waals surface area contributed by atoms with Crippen molar-refractivity contribution in [1.82, 2.24) is 4.90 Å². The third kappa shape index (κ3) is 16.0. The molecule has 0 aromatic carbocycles. The largest absolute Gasteiger partial charge is 0.378 e. The van der Waals surface area contributed by atoms with Crippen molar-refractivity contribution in [2.75, 3.05) is 53.3 Å². The SMILES string of the molecule is CCC(=O)CCOCC(COCCC(C)=O)(COCCC(=O)CC)N(C)C(=O)CC(C)(C)OCC(C)C. The van der Waals surface area contributed by atoms with Crippen LogP contribution in [0, 0.1) is 5.92 Å². The molecule has 0 rings (SSSR count). The molecule has 0 radical (unpaired) electrons. The zero-order chi connectivity index (χ0) is 28.5. The molecule has 0 unspecified atom stereocenters. The number of rotatable bonds is 23. The van der Waals surface area contributed by atoms with Crippen LogP contribution in [-0.4, -0.2) is 92.6 Å². The van der Waals surface area contributed by atoms with Crippen molar-refractivity contribution < 1.29 is 38.1 Å². The maximum Gasteiger partial charge on any atom is 0.225 e. The van der Waals surface area contributed by atoms with Gasteiger partial charge in [0.25, 0.3) is 0 Å². The van der Waals surface area contributed by atoms with Gasteiger partial charge in [-0.15, -0.1) is 0 Å². The second kappa shape index (κ2) is 18.6. The predicted molar refractivity (Wildman–Crippen MR) is 143 cm³/mol. The smallest absolute Gasteiger partial charge is 0.225 e. The van der Waals surface area contributed by atoms with Gasteiger partial charge < -0.3 is 23.8 Å². The van der Waals surface area contributed by atoms with Crippen molar-refractivity contribution in [3.8, 4) is 0 Å². The van der Waals surface area contributed by atoms with Gasteiger partial charge >= 0.3 is 0 Å². The van der Waals surface area contributed by atoms with Crippen LogP contribution in [-0.2, 0) is 38.1 Å². The van der Waals surface area contributed by atoms with Gasteiger partial charge in [-0.3, -0.25) is 19.2 Å². The molecule has 0 saturated carbocycles. The number of ether oxygens (including phenoxy) is 4. The summed E-state index contributed by atoms with van der Waals surface area (Å²) in [4.78, 5) is 50.0. The maximum absolute atomic E-state index is 13.5. The molecule has 37 heavy (non-hydrogen) atoms. The Morgan fingerprint density at radius 1 is 0.784 bits per heavy atom. The number of ketones is 3. The first kappa shape index (κ1) is 35.3. The number of Topliss-reactive ketones (excluding diaryl/α,β-unsaturated/α-hetero) is 3. The van der Waals surface area contributed by atoms with Gasteiger partial charge in [0.05, 0.1) is 51.7 Å². The van der Waals surface area contributed by atoms with Gasteiger partial charge in [-0.05, 0) is 26.7 Å². The molecule has 0 fully saturated rings. The van der Waals surface area contributed by atoms with Crippen molar-refractivity contribution in [1.29, 1.82) is 0 Å². The molecule has 0 spiro atoms. The third-order valence-corrected chi connectivity index (χ3v) is 6.02. The first-order valence-corrected chi connectivity index (χ1v) is 13.4. The summed E-state index contributed by atoms with van der Waals surface area (Å²) in [5, 5.41) is 0. The van der Waals surface area contributed by atoms with Crippen LogP contribution in [0.1, 0.15) is 87.0 Å². The fourth-order valence-electron chi connectivity index (χ4n) is 3.33. The van der Waals surface area contributed by atoms with Gasteiger partial charge in [0.1, 0.15) is 22.9 Å². The van der Waals surface area contributed by atoms with Crippen molar-refractivity contribution in [2.24, 2.45) is 5.92 Å². The highest BCUT2D eigenvalue weighted by Crippen LogP contribution is 2.23. The van der Waals surface area contributed by atoms with Crippen LogP contribution in [0.4, 0.5) is 0 Å². The minimum atomic E-state index is -1.02. The summed E-state index contributed by atoms with van der Waals surface area (Å²) < 4.78 is 23.6. The van der Waals surface area contributed by atoms with Crippen LogP contribution in [0.15, 0.2) is 0 Å². The molecule has 0 saturated heterocycles. The minimum Gasteiger partial charge on any atom is -0.378 e. The van der Waals surface area contributed by atoms with Crippen LogP contribution < -0.4 is 0 Å². The molecule has 1 amide bonds. The number of amides is 1. The molecule has 0 aliphatic heterocycles. The van der Waals surface area contributed by atoms with Gasteiger partial charge in [-0.1, -0.05) is 27.7 Å². The zero-order valence-corrected chi connectivity index (χ0v) is 24.5. The molecule has 0 bridgehead atoms. The maximum atomic E-state index is 13.5. The van der Waals surface area contributed by atoms with Crippen LogP contribution in [0.3, 0.4) is 0 Å². The van der Waals surface area contributed by atoms with Crippen LogP contribution in [0.5, 0.6) is 0 Å². The van der Waals surface area contributed by atoms with E-state index in [1.165, 1.54) is 6.92 Å². The number of likely N-dealkylation sites (N-methyl/N-ethyl adjacent to an activating group) is 1. The Balaban J connectivity index is 5.73. The lowest BCUT2D eigenvalue weighted by atomic mass is 9.97. The summed E-state index contributed by atoms with van der Waals surface area (Å²) in [6, 6.07) is 0. The van der Waals surface area contributed by atoms with E-state index in [9.17, 15) is 19.2 Å². The standard InChI is InChI=1S/C28H51NO8/c1-9-24(31)12-15-35-20-28(19-34-14-11-23(5)30,21-36-16-13-25(32)10-2)29(8)26(33)17-27(6,7)37-18-22(3)4/h22H,9-21H2,1-8H3. The lowest BCUT2D eigenvalue weighted by Gasteiger charge is -2.42. The van der Waals surface area contributed by atoms with E-state index in [1.807, 2.05) is 13.8 Å². The summed E-state index contributed by atoms with van der Waals surface area (Å²) in [5.41, 5.74) is -1.70. The normalized spacial score (nSPS) is 12.1. The molecule has 0 aromatic heterocycles. The molecule has 0 N–H and O–H groups in total. The Bertz CT molecular complexity index is 680. The topological polar surface area (TPSA) is 108 Å². The average molecular weight is 530 g/mol. The molecule has 0 atom stereocenters. The summed E-state index contributed by atoms with van der Waals surface area (Å²) in [6.45, 7) is 14.3. The Kier molecular flexibility index (Phi) is 17.7. The molecule has 0 aromatic rings. The van der Waals surface area contributed by atoms with Crippen molar-refractivity contribution in [2.45, 2.75) is 98.1 Å². The van der Waals surface area contributed by atoms with Crippen molar-refractivity contribution in [3.05, 3.63) is 0 Å². The Morgan fingerprint density at radius 2 is 1.22 bits per heavy atom. The second-order valence-electron chi connectivity index (χ2n) is 10.7. The fourth-order valence-corrected chi connectivity index (χ4v) is 3.33. The molecule has 216 valence electrons. The lowest BCUT2D eigenvalue weighted by molar-refractivity contribution is -0.156. The third-order valence-electron chi connectivity index (χ3n) is 6.02. The second-order valence-corrected chi connectivity index (χ2v) is 10.7. The van der Waals surface area contributed by atoms with E-state index in [4.69, 9.17) is 18.9 Å². The van der Waals surface area contributed by atoms with Crippen LogP contribution in [0.2, 0.25) is 0 Å². The van der Waals surface area contributed by atoms with Gasteiger partial charge in [0, 0.05) is 45.8 Å². The Labute approximate surface area is 223 Å². The van der Waals surface area contributed by atoms with E-state index in [2.05, 4.69) is 13.8 Å². The van der Waals surface area contributed by atoms with E-state index < -0.39 is 11.1 Å². The van der Waals surface area contributed by atoms with Gasteiger partial charge in [-0.2, -0.15) is 0 Å². The molecule has 0 heterocycles. The van der Waals surface area contributed by atoms with Crippen molar-refractivity contribution >= 4 is 23.3 Å². The van der Waals surface area contributed by atoms with Crippen molar-refractivity contribution in [3.63, 3.8) is 0 Å². The zero-order valence-electron chi connectivity index (χ0n) is 24.5. The molecule has 9 nitrogen and oxygen atoms in total. The summed E-state index contributed by atoms with van der Waals surface area (Å²) in [6.07, 6.45) is 1.80. The number of hydrogen-bond acceptors (Lipinski definition) is 8. The number of nitrogens with zero attached hydrogens (tertiary/aromatic N) is 1. The monoisotopic (exact) mass is 529 g/mol. The summed E-state index contributed by atoms with van der Waals surface area (Å²) in [5.74, 6) is 0.338. The fraction of sp³-hybridized carbons (Fsp3) is 0.857. The van der Waals surface area contributed by atoms with Gasteiger partial charge in [-0.25, -0.2) is 0 Å². The average Bonchev–Trinajstić information content (AvgIpc) is 2.84. The highest BCUT2D eigenvalue weighted by atomic mass is 16.5. The van der Waals surface area contributed by atoms with Gasteiger partial charge in [0.2, 0.25) is 5.91 Å². The van der Waals surface area contributed by atoms with E-state index in [1.54, 1.807) is 25.8 Å². The van der Waals surface area contributed by atoms with E-state index in [0.717, 1.165) is 0 Å². The molecule has 0 aliphatic carbocycles. The number of carbonyl (C=O) groups is 4. The number of carbonyl (C=O) groups excluding carboxylic acids is 4. The quantitative estimate of drug-likeness (QED) is 0.184. The number of hydrogen-bond donors (Lipinski definition) is 0. The Morgan fingerprint density at radius 3 is 1.59 bits per heavy atom. The predicted octanol–water partition coefficient (Wildman–Crippen LogP) is 3.79. The highest BCUT2D eigenvalue weighted by Gasteiger charge is 2.40. The lowest BCUT2D eigenvalue weighted by Crippen LogP contribution is -2.60. The summed E-state index contributed by atoms with van der Waals surface area (Å²) in [7, 11) is 1.68. The highest BCUT2D eigenvalue weighted by molar-refractivity contribution is 5.79. The van der Waals surface area contributed by atoms with Crippen LogP contribution in [0.25, 0.3) is 0 Å². The van der Waals surface area contributed by atoms with E-state index in [-0.39, 0.29) is 88.6 Å². The molecule has 9 heteroatoms. The van der Waals surface area contributed by atoms with Gasteiger partial charge in [0.15, 0.2) is 0 Å². The molecular weight excluding hydrogens is 478 g/mol. The van der Waals surface area contributed by atoms with E-state index in [0.29, 0.717) is 25.4 Å². The summed E-state index contributed by atoms with van der Waals surface area (Å²) >= 11 is 0. The molecule has 0 aliphatic rings. The Hall–Kier alpha value is -1.68. The minimum absolute atomic E-state index is 0.00254. The van der Waals surface area contributed by atoms with E-state index >= 15 is 0 Å². The first-order valence-electron chi connectivity index (χ1n) is 13.4.